The zero-order valence-electron chi connectivity index (χ0n) is 33.6. The highest BCUT2D eigenvalue weighted by molar-refractivity contribution is 5.69. The van der Waals surface area contributed by atoms with Crippen LogP contribution in [0, 0.1) is 5.92 Å². The van der Waals surface area contributed by atoms with Crippen LogP contribution in [0.15, 0.2) is 0 Å². The quantitative estimate of drug-likeness (QED) is 0.0483. The number of likely N-dealkylation sites (tertiary alicyclic amines) is 1. The first-order valence-corrected chi connectivity index (χ1v) is 22.1. The lowest BCUT2D eigenvalue weighted by Crippen LogP contribution is -2.32. The molecule has 0 aliphatic carbocycles. The first-order chi connectivity index (χ1) is 24.0. The molecule has 1 saturated heterocycles. The van der Waals surface area contributed by atoms with Crippen LogP contribution in [0.3, 0.4) is 0 Å². The smallest absolute Gasteiger partial charge is 0.306 e. The predicted molar refractivity (Wildman–Crippen MR) is 210 cm³/mol. The first-order valence-electron chi connectivity index (χ1n) is 22.1. The average Bonchev–Trinajstić information content (AvgIpc) is 3.49. The van der Waals surface area contributed by atoms with Gasteiger partial charge in [0.05, 0.1) is 6.61 Å². The molecule has 5 nitrogen and oxygen atoms in total. The summed E-state index contributed by atoms with van der Waals surface area (Å²) in [6.07, 6.45) is 38.1. The molecule has 0 saturated carbocycles. The lowest BCUT2D eigenvalue weighted by molar-refractivity contribution is -0.150. The lowest BCUT2D eigenvalue weighted by atomic mass is 9.90. The number of ether oxygens (including phenoxy) is 2. The Balaban J connectivity index is 2.25. The Morgan fingerprint density at radius 3 is 1.59 bits per heavy atom. The Kier molecular flexibility index (Phi) is 31.9. The van der Waals surface area contributed by atoms with Crippen molar-refractivity contribution in [2.45, 2.75) is 245 Å². The molecule has 290 valence electrons. The van der Waals surface area contributed by atoms with Gasteiger partial charge in [-0.05, 0) is 83.2 Å². The van der Waals surface area contributed by atoms with Crippen LogP contribution in [0.1, 0.15) is 233 Å². The molecule has 2 atom stereocenters. The van der Waals surface area contributed by atoms with Crippen molar-refractivity contribution >= 4 is 11.9 Å². The summed E-state index contributed by atoms with van der Waals surface area (Å²) in [5.74, 6) is 0.733. The molecular weight excluding hydrogens is 606 g/mol. The molecule has 0 aromatic carbocycles. The van der Waals surface area contributed by atoms with Gasteiger partial charge in [0.15, 0.2) is 0 Å². The second-order valence-electron chi connectivity index (χ2n) is 15.5. The molecule has 5 heteroatoms. The fourth-order valence-corrected chi connectivity index (χ4v) is 7.93. The molecule has 49 heavy (non-hydrogen) atoms. The Labute approximate surface area is 306 Å². The molecule has 1 heterocycles. The van der Waals surface area contributed by atoms with Crippen molar-refractivity contribution in [1.82, 2.24) is 4.90 Å². The fraction of sp³-hybridized carbons (Fsp3) is 0.955. The van der Waals surface area contributed by atoms with Gasteiger partial charge in [0.25, 0.3) is 0 Å². The van der Waals surface area contributed by atoms with Crippen LogP contribution in [0.2, 0.25) is 0 Å². The first kappa shape index (κ1) is 45.9. The number of carbonyl (C=O) groups excluding carboxylic acids is 2. The minimum Gasteiger partial charge on any atom is -0.466 e. The van der Waals surface area contributed by atoms with Gasteiger partial charge in [-0.3, -0.25) is 9.59 Å². The molecule has 0 N–H and O–H groups in total. The van der Waals surface area contributed by atoms with Gasteiger partial charge in [0, 0.05) is 18.9 Å². The monoisotopic (exact) mass is 692 g/mol. The van der Waals surface area contributed by atoms with Gasteiger partial charge >= 0.3 is 11.9 Å². The second-order valence-corrected chi connectivity index (χ2v) is 15.5. The highest BCUT2D eigenvalue weighted by Crippen LogP contribution is 2.32. The van der Waals surface area contributed by atoms with E-state index in [1.165, 1.54) is 154 Å². The normalized spacial score (nSPS) is 16.5. The Morgan fingerprint density at radius 2 is 1.04 bits per heavy atom. The summed E-state index contributed by atoms with van der Waals surface area (Å²) >= 11 is 0. The largest absolute Gasteiger partial charge is 0.466 e. The second kappa shape index (κ2) is 34.0. The molecule has 0 amide bonds. The van der Waals surface area contributed by atoms with Crippen LogP contribution in [0.5, 0.6) is 0 Å². The summed E-state index contributed by atoms with van der Waals surface area (Å²) in [6, 6.07) is 0.588. The third-order valence-corrected chi connectivity index (χ3v) is 11.1. The van der Waals surface area contributed by atoms with Crippen LogP contribution in [0.4, 0.5) is 0 Å². The number of rotatable bonds is 36. The maximum absolute atomic E-state index is 12.8. The van der Waals surface area contributed by atoms with Crippen molar-refractivity contribution in [3.05, 3.63) is 0 Å². The molecule has 0 bridgehead atoms. The molecule has 1 fully saturated rings. The SMILES string of the molecule is CCCCCCCCCCCOC(=O)CCCC1C(CCCCCC(=O)OC(CCCCCCCC)CCCCCCCC)CCN1CC. The molecule has 0 spiro atoms. The van der Waals surface area contributed by atoms with E-state index in [0.29, 0.717) is 31.4 Å². The Morgan fingerprint density at radius 1 is 0.551 bits per heavy atom. The highest BCUT2D eigenvalue weighted by Gasteiger charge is 2.32. The Bertz CT molecular complexity index is 726. The molecule has 0 aromatic rings. The van der Waals surface area contributed by atoms with E-state index < -0.39 is 0 Å². The fourth-order valence-electron chi connectivity index (χ4n) is 7.93. The van der Waals surface area contributed by atoms with Crippen molar-refractivity contribution in [2.75, 3.05) is 19.7 Å². The van der Waals surface area contributed by atoms with E-state index in [9.17, 15) is 9.59 Å². The van der Waals surface area contributed by atoms with Crippen LogP contribution >= 0.6 is 0 Å². The summed E-state index contributed by atoms with van der Waals surface area (Å²) in [6.45, 7) is 11.9. The van der Waals surface area contributed by atoms with Crippen molar-refractivity contribution in [3.63, 3.8) is 0 Å². The summed E-state index contributed by atoms with van der Waals surface area (Å²) in [4.78, 5) is 27.8. The zero-order valence-corrected chi connectivity index (χ0v) is 33.6. The van der Waals surface area contributed by atoms with E-state index in [2.05, 4.69) is 32.6 Å². The lowest BCUT2D eigenvalue weighted by Gasteiger charge is -2.27. The van der Waals surface area contributed by atoms with E-state index in [0.717, 1.165) is 51.5 Å². The summed E-state index contributed by atoms with van der Waals surface area (Å²) in [5.41, 5.74) is 0. The summed E-state index contributed by atoms with van der Waals surface area (Å²) < 4.78 is 11.6. The van der Waals surface area contributed by atoms with Crippen molar-refractivity contribution in [1.29, 1.82) is 0 Å². The van der Waals surface area contributed by atoms with E-state index >= 15 is 0 Å². The minimum absolute atomic E-state index is 0.00904. The molecular formula is C44H85NO4. The van der Waals surface area contributed by atoms with Gasteiger partial charge in [-0.1, -0.05) is 156 Å². The van der Waals surface area contributed by atoms with Gasteiger partial charge in [0.1, 0.15) is 6.10 Å². The van der Waals surface area contributed by atoms with Crippen molar-refractivity contribution in [2.24, 2.45) is 5.92 Å². The molecule has 1 aliphatic heterocycles. The van der Waals surface area contributed by atoms with E-state index in [1.807, 2.05) is 0 Å². The van der Waals surface area contributed by atoms with Gasteiger partial charge in [-0.15, -0.1) is 0 Å². The number of hydrogen-bond acceptors (Lipinski definition) is 5. The van der Waals surface area contributed by atoms with Crippen LogP contribution in [0.25, 0.3) is 0 Å². The predicted octanol–water partition coefficient (Wildman–Crippen LogP) is 13.3. The van der Waals surface area contributed by atoms with Gasteiger partial charge < -0.3 is 14.4 Å². The topological polar surface area (TPSA) is 55.8 Å². The van der Waals surface area contributed by atoms with E-state index in [4.69, 9.17) is 9.47 Å². The van der Waals surface area contributed by atoms with Crippen LogP contribution in [-0.4, -0.2) is 48.7 Å². The number of esters is 2. The summed E-state index contributed by atoms with van der Waals surface area (Å²) in [7, 11) is 0. The highest BCUT2D eigenvalue weighted by atomic mass is 16.5. The van der Waals surface area contributed by atoms with Crippen molar-refractivity contribution < 1.29 is 19.1 Å². The summed E-state index contributed by atoms with van der Waals surface area (Å²) in [5, 5.41) is 0. The number of unbranched alkanes of at least 4 members (excludes halogenated alkanes) is 20. The Hall–Kier alpha value is -1.10. The number of carbonyl (C=O) groups is 2. The third kappa shape index (κ3) is 26.4. The van der Waals surface area contributed by atoms with Crippen molar-refractivity contribution in [3.8, 4) is 0 Å². The van der Waals surface area contributed by atoms with Gasteiger partial charge in [-0.2, -0.15) is 0 Å². The standard InChI is InChI=1S/C44H85NO4/c1-5-9-12-15-18-19-20-23-29-39-48-43(46)36-30-34-42-40(37-38-45(42)8-4)31-25-24-28-35-44(47)49-41(32-26-21-16-13-10-6-2)33-27-22-17-14-11-7-3/h40-42H,5-39H2,1-4H3. The number of nitrogens with zero attached hydrogens (tertiary/aromatic N) is 1. The molecule has 1 aliphatic rings. The van der Waals surface area contributed by atoms with Crippen LogP contribution in [-0.2, 0) is 19.1 Å². The molecule has 2 unspecified atom stereocenters. The third-order valence-electron chi connectivity index (χ3n) is 11.1. The van der Waals surface area contributed by atoms with Crippen LogP contribution < -0.4 is 0 Å². The van der Waals surface area contributed by atoms with E-state index in [1.54, 1.807) is 0 Å². The zero-order chi connectivity index (χ0) is 35.6. The maximum atomic E-state index is 12.8. The molecule has 0 aromatic heterocycles. The molecule has 1 rings (SSSR count). The van der Waals surface area contributed by atoms with Gasteiger partial charge in [-0.25, -0.2) is 0 Å². The molecule has 0 radical (unpaired) electrons. The van der Waals surface area contributed by atoms with Gasteiger partial charge in [0.2, 0.25) is 0 Å². The number of hydrogen-bond donors (Lipinski definition) is 0. The minimum atomic E-state index is -0.00904. The maximum Gasteiger partial charge on any atom is 0.306 e. The average molecular weight is 692 g/mol. The van der Waals surface area contributed by atoms with E-state index in [-0.39, 0.29) is 18.0 Å².